The molecule has 6 nitrogen and oxygen atoms in total. The van der Waals surface area contributed by atoms with Crippen molar-refractivity contribution in [1.82, 2.24) is 9.91 Å². The number of hydrogen-bond donors (Lipinski definition) is 1. The van der Waals surface area contributed by atoms with Gasteiger partial charge in [-0.3, -0.25) is 14.5 Å². The lowest BCUT2D eigenvalue weighted by atomic mass is 9.97. The molecule has 1 saturated heterocycles. The lowest BCUT2D eigenvalue weighted by Gasteiger charge is -2.34. The molecule has 3 aromatic carbocycles. The van der Waals surface area contributed by atoms with Crippen LogP contribution in [0.5, 0.6) is 0 Å². The Bertz CT molecular complexity index is 1210. The van der Waals surface area contributed by atoms with E-state index in [0.29, 0.717) is 19.4 Å². The molecule has 0 aromatic heterocycles. The molecule has 2 heterocycles. The lowest BCUT2D eigenvalue weighted by Crippen LogP contribution is -2.51. The Balaban J connectivity index is 1.45. The van der Waals surface area contributed by atoms with Gasteiger partial charge in [-0.2, -0.15) is 5.10 Å². The van der Waals surface area contributed by atoms with Crippen LogP contribution in [0.25, 0.3) is 10.8 Å². The molecule has 2 atom stereocenters. The minimum atomic E-state index is -0.385. The molecule has 2 amide bonds. The molecule has 3 aromatic rings. The Morgan fingerprint density at radius 3 is 2.48 bits per heavy atom. The highest BCUT2D eigenvalue weighted by molar-refractivity contribution is 6.05. The number of hydrazone groups is 1. The summed E-state index contributed by atoms with van der Waals surface area (Å²) >= 11 is 0. The van der Waals surface area contributed by atoms with E-state index in [2.05, 4.69) is 30.3 Å². The van der Waals surface area contributed by atoms with Crippen LogP contribution in [0.4, 0.5) is 0 Å². The summed E-state index contributed by atoms with van der Waals surface area (Å²) in [6.07, 6.45) is 3.27. The summed E-state index contributed by atoms with van der Waals surface area (Å²) in [5.74, 6) is -0.461. The fourth-order valence-electron chi connectivity index (χ4n) is 4.97. The van der Waals surface area contributed by atoms with Crippen molar-refractivity contribution >= 4 is 28.3 Å². The fraction of sp³-hybridized carbons (Fsp3) is 0.296. The van der Waals surface area contributed by atoms with Crippen molar-refractivity contribution in [3.05, 3.63) is 83.9 Å². The molecule has 2 aliphatic rings. The molecule has 168 valence electrons. The van der Waals surface area contributed by atoms with Crippen molar-refractivity contribution in [2.24, 2.45) is 10.8 Å². The van der Waals surface area contributed by atoms with Crippen LogP contribution in [0.1, 0.15) is 42.9 Å². The third-order valence-corrected chi connectivity index (χ3v) is 6.71. The van der Waals surface area contributed by atoms with Crippen molar-refractivity contribution < 1.29 is 9.59 Å². The second kappa shape index (κ2) is 9.16. The molecule has 0 spiro atoms. The lowest BCUT2D eigenvalue weighted by molar-refractivity contribution is -0.136. The molecular weight excluding hydrogens is 412 g/mol. The van der Waals surface area contributed by atoms with E-state index < -0.39 is 0 Å². The normalized spacial score (nSPS) is 21.2. The van der Waals surface area contributed by atoms with Gasteiger partial charge in [0.25, 0.3) is 5.91 Å². The standard InChI is InChI=1S/C27H28N4O2/c28-27(33)24-12-6-7-15-30(24)18-26(32)31-25(20-9-2-1-3-10-20)17-23(29-31)22-14-13-19-8-4-5-11-21(19)16-22/h1-5,8-11,13-14,16,24-25H,6-7,12,15,17-18H2,(H2,28,33)/t24-,25-/m1/s1. The second-order valence-corrected chi connectivity index (χ2v) is 8.86. The van der Waals surface area contributed by atoms with Gasteiger partial charge in [-0.05, 0) is 47.4 Å². The first-order valence-corrected chi connectivity index (χ1v) is 11.6. The van der Waals surface area contributed by atoms with Gasteiger partial charge in [-0.15, -0.1) is 0 Å². The van der Waals surface area contributed by atoms with E-state index in [9.17, 15) is 9.59 Å². The zero-order valence-corrected chi connectivity index (χ0v) is 18.6. The van der Waals surface area contributed by atoms with E-state index in [1.165, 1.54) is 5.39 Å². The summed E-state index contributed by atoms with van der Waals surface area (Å²) in [6, 6.07) is 24.0. The number of likely N-dealkylation sites (tertiary alicyclic amines) is 1. The summed E-state index contributed by atoms with van der Waals surface area (Å²) in [5, 5.41) is 8.76. The third-order valence-electron chi connectivity index (χ3n) is 6.71. The minimum Gasteiger partial charge on any atom is -0.368 e. The van der Waals surface area contributed by atoms with Crippen molar-refractivity contribution in [2.45, 2.75) is 37.8 Å². The molecule has 0 radical (unpaired) electrons. The second-order valence-electron chi connectivity index (χ2n) is 8.86. The van der Waals surface area contributed by atoms with Gasteiger partial charge in [-0.25, -0.2) is 5.01 Å². The fourth-order valence-corrected chi connectivity index (χ4v) is 4.97. The molecule has 1 fully saturated rings. The largest absolute Gasteiger partial charge is 0.368 e. The van der Waals surface area contributed by atoms with E-state index in [-0.39, 0.29) is 30.4 Å². The van der Waals surface area contributed by atoms with E-state index in [4.69, 9.17) is 10.8 Å². The molecule has 0 bridgehead atoms. The smallest absolute Gasteiger partial charge is 0.257 e. The van der Waals surface area contributed by atoms with E-state index in [1.54, 1.807) is 5.01 Å². The van der Waals surface area contributed by atoms with E-state index in [1.807, 2.05) is 47.4 Å². The molecule has 2 aliphatic heterocycles. The summed E-state index contributed by atoms with van der Waals surface area (Å²) < 4.78 is 0. The van der Waals surface area contributed by atoms with E-state index >= 15 is 0 Å². The number of nitrogens with two attached hydrogens (primary N) is 1. The summed E-state index contributed by atoms with van der Waals surface area (Å²) in [7, 11) is 0. The molecule has 6 heteroatoms. The predicted octanol–water partition coefficient (Wildman–Crippen LogP) is 3.86. The van der Waals surface area contributed by atoms with Gasteiger partial charge in [0, 0.05) is 6.42 Å². The average molecular weight is 441 g/mol. The van der Waals surface area contributed by atoms with Crippen LogP contribution in [0.2, 0.25) is 0 Å². The number of carbonyl (C=O) groups excluding carboxylic acids is 2. The number of primary amides is 1. The molecule has 5 rings (SSSR count). The van der Waals surface area contributed by atoms with Crippen LogP contribution >= 0.6 is 0 Å². The highest BCUT2D eigenvalue weighted by atomic mass is 16.2. The monoisotopic (exact) mass is 440 g/mol. The average Bonchev–Trinajstić information content (AvgIpc) is 3.30. The Hall–Kier alpha value is -3.51. The zero-order valence-electron chi connectivity index (χ0n) is 18.6. The maximum atomic E-state index is 13.5. The van der Waals surface area contributed by atoms with Crippen LogP contribution in [0.3, 0.4) is 0 Å². The van der Waals surface area contributed by atoms with Crippen LogP contribution < -0.4 is 5.73 Å². The van der Waals surface area contributed by atoms with Crippen molar-refractivity contribution in [3.63, 3.8) is 0 Å². The molecule has 0 saturated carbocycles. The predicted molar refractivity (Wildman–Crippen MR) is 130 cm³/mol. The zero-order chi connectivity index (χ0) is 22.8. The number of rotatable bonds is 5. The summed E-state index contributed by atoms with van der Waals surface area (Å²) in [4.78, 5) is 27.3. The Kier molecular flexibility index (Phi) is 5.92. The van der Waals surface area contributed by atoms with Gasteiger partial charge < -0.3 is 5.73 Å². The molecule has 0 aliphatic carbocycles. The molecule has 33 heavy (non-hydrogen) atoms. The van der Waals surface area contributed by atoms with Gasteiger partial charge in [0.15, 0.2) is 0 Å². The SMILES string of the molecule is NC(=O)[C@H]1CCCCN1CC(=O)N1N=C(c2ccc3ccccc3c2)C[C@@H]1c1ccccc1. The number of benzene rings is 3. The van der Waals surface area contributed by atoms with Crippen LogP contribution in [0.15, 0.2) is 77.9 Å². The van der Waals surface area contributed by atoms with Crippen LogP contribution in [-0.2, 0) is 9.59 Å². The van der Waals surface area contributed by atoms with Crippen LogP contribution in [-0.4, -0.2) is 46.6 Å². The molecular formula is C27H28N4O2. The van der Waals surface area contributed by atoms with Gasteiger partial charge in [0.05, 0.1) is 24.3 Å². The molecule has 0 unspecified atom stereocenters. The maximum Gasteiger partial charge on any atom is 0.257 e. The first-order valence-electron chi connectivity index (χ1n) is 11.6. The number of nitrogens with zero attached hydrogens (tertiary/aromatic N) is 3. The Morgan fingerprint density at radius 2 is 1.70 bits per heavy atom. The Labute approximate surface area is 193 Å². The first kappa shape index (κ1) is 21.3. The Morgan fingerprint density at radius 1 is 0.939 bits per heavy atom. The van der Waals surface area contributed by atoms with Crippen molar-refractivity contribution in [3.8, 4) is 0 Å². The van der Waals surface area contributed by atoms with Crippen LogP contribution in [0, 0.1) is 0 Å². The van der Waals surface area contributed by atoms with E-state index in [0.717, 1.165) is 35.1 Å². The maximum absolute atomic E-state index is 13.5. The van der Waals surface area contributed by atoms with Gasteiger partial charge in [-0.1, -0.05) is 73.2 Å². The number of amides is 2. The number of piperidine rings is 1. The highest BCUT2D eigenvalue weighted by Gasteiger charge is 2.36. The number of carbonyl (C=O) groups is 2. The topological polar surface area (TPSA) is 79.0 Å². The summed E-state index contributed by atoms with van der Waals surface area (Å²) in [5.41, 5.74) is 8.59. The van der Waals surface area contributed by atoms with Crippen molar-refractivity contribution in [2.75, 3.05) is 13.1 Å². The van der Waals surface area contributed by atoms with Gasteiger partial charge in [0.1, 0.15) is 0 Å². The molecule has 2 N–H and O–H groups in total. The first-order chi connectivity index (χ1) is 16.1. The third kappa shape index (κ3) is 4.39. The number of fused-ring (bicyclic) bond motifs is 1. The highest BCUT2D eigenvalue weighted by Crippen LogP contribution is 2.33. The van der Waals surface area contributed by atoms with Gasteiger partial charge in [0.2, 0.25) is 5.91 Å². The quantitative estimate of drug-likeness (QED) is 0.654. The van der Waals surface area contributed by atoms with Gasteiger partial charge >= 0.3 is 0 Å². The van der Waals surface area contributed by atoms with Crippen molar-refractivity contribution in [1.29, 1.82) is 0 Å². The summed E-state index contributed by atoms with van der Waals surface area (Å²) in [6.45, 7) is 0.843. The number of hydrogen-bond acceptors (Lipinski definition) is 4. The minimum absolute atomic E-state index is 0.104.